The monoisotopic (exact) mass is 1600 g/mol. The van der Waals surface area contributed by atoms with Gasteiger partial charge in [-0.1, -0.05) is 61.3 Å². The van der Waals surface area contributed by atoms with Crippen LogP contribution in [0.15, 0.2) is 97.5 Å². The first-order chi connectivity index (χ1) is 53.9. The van der Waals surface area contributed by atoms with E-state index in [4.69, 9.17) is 71.8 Å². The van der Waals surface area contributed by atoms with Crippen molar-refractivity contribution in [2.24, 2.45) is 11.7 Å². The first-order valence-electron chi connectivity index (χ1n) is 37.7. The number of aromatic nitrogens is 4. The van der Waals surface area contributed by atoms with E-state index in [-0.39, 0.29) is 111 Å². The Morgan fingerprint density at radius 1 is 0.848 bits per heavy atom. The molecule has 0 unspecified atom stereocenters. The van der Waals surface area contributed by atoms with Crippen molar-refractivity contribution in [3.8, 4) is 44.7 Å². The van der Waals surface area contributed by atoms with Gasteiger partial charge in [0.2, 0.25) is 23.6 Å². The van der Waals surface area contributed by atoms with Crippen molar-refractivity contribution < 1.29 is 85.4 Å². The number of aliphatic carboxylic acids is 1. The number of fused-ring (bicyclic) bond motifs is 7. The molecule has 8 heterocycles. The van der Waals surface area contributed by atoms with Crippen molar-refractivity contribution in [1.29, 1.82) is 0 Å². The van der Waals surface area contributed by atoms with E-state index in [1.54, 1.807) is 68.6 Å². The quantitative estimate of drug-likeness (QED) is 0.0168. The largest absolute Gasteiger partial charge is 0.546 e. The van der Waals surface area contributed by atoms with Crippen LogP contribution in [0.4, 0.5) is 14.9 Å². The number of amides is 7. The van der Waals surface area contributed by atoms with Crippen LogP contribution in [0.2, 0.25) is 10.0 Å². The first-order valence-corrected chi connectivity index (χ1v) is 39.3. The van der Waals surface area contributed by atoms with Gasteiger partial charge in [-0.15, -0.1) is 11.3 Å². The lowest BCUT2D eigenvalue weighted by atomic mass is 9.86. The molecule has 4 aromatic carbocycles. The van der Waals surface area contributed by atoms with Gasteiger partial charge < -0.3 is 79.3 Å². The van der Waals surface area contributed by atoms with Crippen molar-refractivity contribution in [3.63, 3.8) is 0 Å². The van der Waals surface area contributed by atoms with E-state index < -0.39 is 71.6 Å². The molecule has 5 atom stereocenters. The number of hydrogen-bond acceptors (Lipinski definition) is 22. The highest BCUT2D eigenvalue weighted by atomic mass is 35.5. The number of nitrogens with one attached hydrogen (secondary N) is 4. The van der Waals surface area contributed by atoms with E-state index in [1.807, 2.05) is 26.0 Å². The Balaban J connectivity index is 0.742. The number of primary amides is 1. The Morgan fingerprint density at radius 2 is 1.59 bits per heavy atom. The number of carboxylic acids is 1. The van der Waals surface area contributed by atoms with Crippen LogP contribution in [0, 0.1) is 25.6 Å². The number of ether oxygens (including phenoxy) is 8. The van der Waals surface area contributed by atoms with Crippen LogP contribution in [0.3, 0.4) is 0 Å². The average molecular weight is 1600 g/mol. The fourth-order valence-corrected chi connectivity index (χ4v) is 16.1. The molecular formula is C80H93Cl2FN12O16S. The maximum atomic E-state index is 14.7. The molecule has 112 heavy (non-hydrogen) atoms. The van der Waals surface area contributed by atoms with Gasteiger partial charge in [0.1, 0.15) is 84.5 Å². The van der Waals surface area contributed by atoms with Gasteiger partial charge in [0.05, 0.1) is 99.5 Å². The van der Waals surface area contributed by atoms with Gasteiger partial charge >= 0.3 is 6.03 Å². The van der Waals surface area contributed by atoms with Crippen LogP contribution < -0.4 is 51.1 Å². The van der Waals surface area contributed by atoms with Crippen molar-refractivity contribution in [2.45, 2.75) is 135 Å². The summed E-state index contributed by atoms with van der Waals surface area (Å²) in [5, 5.41) is 25.4. The molecule has 5 aliphatic heterocycles. The summed E-state index contributed by atoms with van der Waals surface area (Å²) in [7, 11) is 2.19. The lowest BCUT2D eigenvalue weighted by Gasteiger charge is -2.43. The van der Waals surface area contributed by atoms with E-state index in [9.17, 15) is 43.1 Å². The molecule has 13 rings (SSSR count). The van der Waals surface area contributed by atoms with Gasteiger partial charge in [-0.2, -0.15) is 0 Å². The van der Waals surface area contributed by atoms with E-state index in [0.717, 1.165) is 49.2 Å². The zero-order chi connectivity index (χ0) is 79.2. The number of urea groups is 1. The fourth-order valence-electron chi connectivity index (χ4n) is 14.5. The number of carbonyl (C=O) groups excluding carboxylic acids is 7. The van der Waals surface area contributed by atoms with Crippen LogP contribution in [-0.4, -0.2) is 211 Å². The van der Waals surface area contributed by atoms with Crippen LogP contribution >= 0.6 is 34.5 Å². The minimum Gasteiger partial charge on any atom is -0.546 e. The SMILES string of the molecule is Cc1c(Cl)c2c(Cl)c(C)c1-c1c(-c3ccc(F)cc3)sc3ncnc(c13)O[C@@H](C(=O)[O-])Cc1cc(ccc1OCc1ccnc(C3CCC(OC[C@@H]4COCCO4)CC3)n1)OC[C@@H](CN1CC[N+](C)(Cc3ccc(NC(=O)[C@H](CCCNC(N)=O)NC(=O)[C@@H](NC(=O)CCOCCN4C(=O)C=CC4=O)C(C)C)cc3)CC1)O2. The lowest BCUT2D eigenvalue weighted by molar-refractivity contribution is -0.926. The number of piperazine rings is 1. The molecule has 7 aromatic rings. The van der Waals surface area contributed by atoms with Gasteiger partial charge in [-0.05, 0) is 129 Å². The smallest absolute Gasteiger partial charge is 0.312 e. The van der Waals surface area contributed by atoms with Gasteiger partial charge in [-0.3, -0.25) is 33.8 Å². The molecule has 6 N–H and O–H groups in total. The third kappa shape index (κ3) is 21.0. The zero-order valence-corrected chi connectivity index (χ0v) is 65.4. The Kier molecular flexibility index (Phi) is 27.7. The summed E-state index contributed by atoms with van der Waals surface area (Å²) in [5.74, 6) is -3.16. The number of carbonyl (C=O) groups is 7. The van der Waals surface area contributed by atoms with Crippen LogP contribution in [-0.2, 0) is 67.3 Å². The van der Waals surface area contributed by atoms with E-state index in [0.29, 0.717) is 134 Å². The number of imide groups is 1. The third-order valence-electron chi connectivity index (χ3n) is 20.7. The minimum atomic E-state index is -1.65. The molecular weight excluding hydrogens is 1510 g/mol. The van der Waals surface area contributed by atoms with Crippen LogP contribution in [0.1, 0.15) is 98.5 Å². The summed E-state index contributed by atoms with van der Waals surface area (Å²) in [4.78, 5) is 113. The molecule has 32 heteroatoms. The summed E-state index contributed by atoms with van der Waals surface area (Å²) in [6, 6.07) is 17.6. The Morgan fingerprint density at radius 3 is 2.29 bits per heavy atom. The number of likely N-dealkylation sites (N-methyl/N-ethyl adjacent to an activating group) is 1. The second-order valence-corrected chi connectivity index (χ2v) is 31.0. The summed E-state index contributed by atoms with van der Waals surface area (Å²) in [6.45, 7) is 13.2. The minimum absolute atomic E-state index is 0.0159. The molecule has 6 aliphatic rings. The Labute approximate surface area is 662 Å². The molecule has 1 aliphatic carbocycles. The average Bonchev–Trinajstić information content (AvgIpc) is 1.42. The molecule has 4 bridgehead atoms. The number of hydrogen-bond donors (Lipinski definition) is 5. The molecule has 0 radical (unpaired) electrons. The molecule has 596 valence electrons. The lowest BCUT2D eigenvalue weighted by Crippen LogP contribution is -2.58. The molecule has 3 aromatic heterocycles. The highest BCUT2D eigenvalue weighted by Gasteiger charge is 2.36. The van der Waals surface area contributed by atoms with E-state index in [1.165, 1.54) is 41.9 Å². The van der Waals surface area contributed by atoms with Crippen molar-refractivity contribution in [2.75, 3.05) is 104 Å². The maximum Gasteiger partial charge on any atom is 0.312 e. The van der Waals surface area contributed by atoms with E-state index >= 15 is 0 Å². The van der Waals surface area contributed by atoms with Crippen molar-refractivity contribution in [1.82, 2.24) is 45.7 Å². The predicted octanol–water partition coefficient (Wildman–Crippen LogP) is 8.10. The zero-order valence-electron chi connectivity index (χ0n) is 63.1. The third-order valence-corrected chi connectivity index (χ3v) is 22.8. The standard InChI is InChI=1S/C80H93Cl2FN12O16S/c1-46(2)71(92-63(96)25-33-104-34-30-94-64(97)22-23-65(94)98)76(100)91-60(7-6-26-86-80(84)103)75(99)90-54-16-8-49(9-17-54)40-95(5)31-28-93(29-32-95)39-58-43-108-57-20-21-61(109-41-55-24-27-85-74(89-55)51-12-18-56(19-13-51)107-44-59-42-105-35-36-106-59)52(37-57)38-62(79(101)102)111-77-68-67(66-47(3)69(81)72(110-58)70(82)48(66)4)73(112-78(68)88-45-87-77)50-10-14-53(83)15-11-50/h8-11,14-17,20-24,27,37,45-46,51,56,58-60,62,71H,6-7,12-13,18-19,25-26,28-36,38-44H2,1-5H3,(H6-,84,86,90,91,92,96,99,100,101,102,103)/t51?,56?,58-,59+,60+,62-,71+/m1/s1. The normalized spacial score (nSPS) is 19.8. The highest BCUT2D eigenvalue weighted by molar-refractivity contribution is 7.22. The number of thiophene rings is 1. The van der Waals surface area contributed by atoms with E-state index in [2.05, 4.69) is 48.2 Å². The van der Waals surface area contributed by atoms with Gasteiger partial charge in [-0.25, -0.2) is 29.1 Å². The van der Waals surface area contributed by atoms with Gasteiger partial charge in [0, 0.05) is 90.5 Å². The molecule has 2 saturated heterocycles. The van der Waals surface area contributed by atoms with Crippen molar-refractivity contribution >= 4 is 92.0 Å². The molecule has 1 saturated carbocycles. The first kappa shape index (κ1) is 82.0. The summed E-state index contributed by atoms with van der Waals surface area (Å²) < 4.78 is 65.3. The molecule has 28 nitrogen and oxygen atoms in total. The van der Waals surface area contributed by atoms with Crippen molar-refractivity contribution in [3.05, 3.63) is 147 Å². The highest BCUT2D eigenvalue weighted by Crippen LogP contribution is 2.53. The summed E-state index contributed by atoms with van der Waals surface area (Å²) >= 11 is 16.3. The summed E-state index contributed by atoms with van der Waals surface area (Å²) in [5.41, 5.74) is 10.7. The maximum absolute atomic E-state index is 14.7. The van der Waals surface area contributed by atoms with Gasteiger partial charge in [0.25, 0.3) is 11.8 Å². The number of nitrogens with two attached hydrogens (primary N) is 1. The number of anilines is 1. The number of nitrogens with zero attached hydrogens (tertiary/aromatic N) is 7. The molecule has 7 amide bonds. The predicted molar refractivity (Wildman–Crippen MR) is 413 cm³/mol. The Hall–Kier alpha value is -9.50. The number of halogens is 3. The fraction of sp³-hybridized carbons (Fsp3) is 0.463. The van der Waals surface area contributed by atoms with Crippen LogP contribution in [0.5, 0.6) is 23.1 Å². The number of quaternary nitrogens is 1. The topological polar surface area (TPSA) is 349 Å². The van der Waals surface area contributed by atoms with Crippen LogP contribution in [0.25, 0.3) is 31.8 Å². The number of rotatable bonds is 29. The molecule has 0 spiro atoms. The number of benzene rings is 4. The second-order valence-electron chi connectivity index (χ2n) is 29.3. The summed E-state index contributed by atoms with van der Waals surface area (Å²) in [6.07, 6.45) is 6.42. The second kappa shape index (κ2) is 37.9. The number of carboxylic acid groups (broad SMARTS) is 1. The molecule has 3 fully saturated rings. The Bertz CT molecular complexity index is 4530. The van der Waals surface area contributed by atoms with Gasteiger partial charge in [0.15, 0.2) is 5.75 Å².